The third-order valence-corrected chi connectivity index (χ3v) is 2.60. The topological polar surface area (TPSA) is 50.4 Å². The van der Waals surface area contributed by atoms with Crippen molar-refractivity contribution < 1.29 is 9.53 Å². The molecule has 2 aliphatic heterocycles. The Morgan fingerprint density at radius 3 is 3.00 bits per heavy atom. The van der Waals surface area contributed by atoms with Gasteiger partial charge in [-0.05, 0) is 12.8 Å². The van der Waals surface area contributed by atoms with E-state index in [1.807, 2.05) is 0 Å². The lowest BCUT2D eigenvalue weighted by atomic mass is 9.99. The van der Waals surface area contributed by atoms with Crippen molar-refractivity contribution in [1.29, 1.82) is 0 Å². The van der Waals surface area contributed by atoms with E-state index in [9.17, 15) is 4.79 Å². The van der Waals surface area contributed by atoms with Gasteiger partial charge in [-0.1, -0.05) is 6.92 Å². The molecular weight excluding hydrogens is 156 g/mol. The van der Waals surface area contributed by atoms with Crippen molar-refractivity contribution in [2.24, 2.45) is 0 Å². The smallest absolute Gasteiger partial charge is 0.315 e. The lowest BCUT2D eigenvalue weighted by molar-refractivity contribution is -0.00692. The van der Waals surface area contributed by atoms with Gasteiger partial charge in [0.1, 0.15) is 0 Å². The Balaban J connectivity index is 1.97. The van der Waals surface area contributed by atoms with Crippen LogP contribution in [0, 0.1) is 0 Å². The van der Waals surface area contributed by atoms with Gasteiger partial charge in [-0.3, -0.25) is 0 Å². The zero-order valence-electron chi connectivity index (χ0n) is 7.17. The molecule has 0 aromatic carbocycles. The lowest BCUT2D eigenvalue weighted by Gasteiger charge is -2.30. The first-order chi connectivity index (χ1) is 5.79. The minimum absolute atomic E-state index is 0.0506. The number of ether oxygens (including phenoxy) is 1. The molecule has 3 unspecified atom stereocenters. The predicted octanol–water partition coefficient (Wildman–Crippen LogP) is 0.235. The van der Waals surface area contributed by atoms with Crippen LogP contribution < -0.4 is 10.6 Å². The van der Waals surface area contributed by atoms with Crippen molar-refractivity contribution in [2.75, 3.05) is 6.61 Å². The monoisotopic (exact) mass is 170 g/mol. The van der Waals surface area contributed by atoms with E-state index in [0.717, 1.165) is 12.8 Å². The molecule has 0 aromatic rings. The SMILES string of the molecule is CCC1CC2NC(=O)NC2CO1. The van der Waals surface area contributed by atoms with Crippen molar-refractivity contribution in [3.63, 3.8) is 0 Å². The van der Waals surface area contributed by atoms with E-state index >= 15 is 0 Å². The number of carbonyl (C=O) groups excluding carboxylic acids is 1. The molecule has 12 heavy (non-hydrogen) atoms. The Morgan fingerprint density at radius 2 is 2.25 bits per heavy atom. The van der Waals surface area contributed by atoms with Crippen LogP contribution in [0.3, 0.4) is 0 Å². The average Bonchev–Trinajstić information content (AvgIpc) is 2.43. The molecule has 2 N–H and O–H groups in total. The number of carbonyl (C=O) groups is 1. The van der Waals surface area contributed by atoms with Gasteiger partial charge in [0.2, 0.25) is 0 Å². The number of urea groups is 1. The second-order valence-corrected chi connectivity index (χ2v) is 3.43. The standard InChI is InChI=1S/C8H14N2O2/c1-2-5-3-6-7(4-12-5)10-8(11)9-6/h5-7H,2-4H2,1H3,(H2,9,10,11). The number of fused-ring (bicyclic) bond motifs is 1. The summed E-state index contributed by atoms with van der Waals surface area (Å²) in [5, 5.41) is 5.72. The second-order valence-electron chi connectivity index (χ2n) is 3.43. The van der Waals surface area contributed by atoms with Crippen molar-refractivity contribution in [3.8, 4) is 0 Å². The molecular formula is C8H14N2O2. The fraction of sp³-hybridized carbons (Fsp3) is 0.875. The third kappa shape index (κ3) is 1.27. The zero-order valence-corrected chi connectivity index (χ0v) is 7.17. The molecule has 2 heterocycles. The maximum atomic E-state index is 10.9. The summed E-state index contributed by atoms with van der Waals surface area (Å²) in [4.78, 5) is 10.9. The highest BCUT2D eigenvalue weighted by Gasteiger charge is 2.37. The van der Waals surface area contributed by atoms with E-state index in [1.54, 1.807) is 0 Å². The average molecular weight is 170 g/mol. The van der Waals surface area contributed by atoms with Gasteiger partial charge in [0, 0.05) is 0 Å². The van der Waals surface area contributed by atoms with Crippen LogP contribution in [0.1, 0.15) is 19.8 Å². The van der Waals surface area contributed by atoms with Crippen LogP contribution in [0.5, 0.6) is 0 Å². The number of rotatable bonds is 1. The van der Waals surface area contributed by atoms with Crippen LogP contribution in [-0.2, 0) is 4.74 Å². The molecule has 2 rings (SSSR count). The number of hydrogen-bond acceptors (Lipinski definition) is 2. The van der Waals surface area contributed by atoms with Crippen LogP contribution in [-0.4, -0.2) is 30.8 Å². The maximum Gasteiger partial charge on any atom is 0.315 e. The zero-order chi connectivity index (χ0) is 8.55. The number of nitrogens with one attached hydrogen (secondary N) is 2. The first-order valence-electron chi connectivity index (χ1n) is 4.48. The Kier molecular flexibility index (Phi) is 1.92. The summed E-state index contributed by atoms with van der Waals surface area (Å²) in [6.45, 7) is 2.76. The highest BCUT2D eigenvalue weighted by molar-refractivity contribution is 5.77. The van der Waals surface area contributed by atoms with E-state index < -0.39 is 0 Å². The van der Waals surface area contributed by atoms with Gasteiger partial charge in [-0.15, -0.1) is 0 Å². The molecule has 0 saturated carbocycles. The first-order valence-corrected chi connectivity index (χ1v) is 4.48. The van der Waals surface area contributed by atoms with Crippen LogP contribution >= 0.6 is 0 Å². The highest BCUT2D eigenvalue weighted by Crippen LogP contribution is 2.19. The van der Waals surface area contributed by atoms with E-state index in [4.69, 9.17) is 4.74 Å². The van der Waals surface area contributed by atoms with Gasteiger partial charge in [-0.2, -0.15) is 0 Å². The molecule has 4 heteroatoms. The Bertz CT molecular complexity index is 195. The van der Waals surface area contributed by atoms with Gasteiger partial charge >= 0.3 is 6.03 Å². The van der Waals surface area contributed by atoms with Gasteiger partial charge in [0.25, 0.3) is 0 Å². The first kappa shape index (κ1) is 7.86. The summed E-state index contributed by atoms with van der Waals surface area (Å²) >= 11 is 0. The lowest BCUT2D eigenvalue weighted by Crippen LogP contribution is -2.45. The molecule has 0 aromatic heterocycles. The second kappa shape index (κ2) is 2.94. The van der Waals surface area contributed by atoms with Crippen LogP contribution in [0.15, 0.2) is 0 Å². The van der Waals surface area contributed by atoms with Crippen molar-refractivity contribution in [3.05, 3.63) is 0 Å². The molecule has 2 amide bonds. The van der Waals surface area contributed by atoms with E-state index in [2.05, 4.69) is 17.6 Å². The van der Waals surface area contributed by atoms with E-state index in [1.165, 1.54) is 0 Å². The third-order valence-electron chi connectivity index (χ3n) is 2.60. The normalized spacial score (nSPS) is 40.1. The minimum Gasteiger partial charge on any atom is -0.376 e. The van der Waals surface area contributed by atoms with Crippen LogP contribution in [0.4, 0.5) is 4.79 Å². The molecule has 0 spiro atoms. The molecule has 68 valence electrons. The quantitative estimate of drug-likeness (QED) is 0.592. The maximum absolute atomic E-state index is 10.9. The molecule has 3 atom stereocenters. The molecule has 2 saturated heterocycles. The number of amides is 2. The molecule has 2 aliphatic rings. The summed E-state index contributed by atoms with van der Waals surface area (Å²) in [6, 6.07) is 0.432. The fourth-order valence-corrected chi connectivity index (χ4v) is 1.84. The summed E-state index contributed by atoms with van der Waals surface area (Å²) in [7, 11) is 0. The number of hydrogen-bond donors (Lipinski definition) is 2. The van der Waals surface area contributed by atoms with Crippen molar-refractivity contribution in [2.45, 2.75) is 38.0 Å². The summed E-state index contributed by atoms with van der Waals surface area (Å²) in [5.41, 5.74) is 0. The molecule has 4 nitrogen and oxygen atoms in total. The summed E-state index contributed by atoms with van der Waals surface area (Å²) in [5.74, 6) is 0. The Morgan fingerprint density at radius 1 is 1.50 bits per heavy atom. The van der Waals surface area contributed by atoms with Crippen LogP contribution in [0.2, 0.25) is 0 Å². The highest BCUT2D eigenvalue weighted by atomic mass is 16.5. The van der Waals surface area contributed by atoms with E-state index in [-0.39, 0.29) is 18.1 Å². The minimum atomic E-state index is -0.0506. The van der Waals surface area contributed by atoms with Crippen molar-refractivity contribution in [1.82, 2.24) is 10.6 Å². The molecule has 0 radical (unpaired) electrons. The van der Waals surface area contributed by atoms with E-state index in [0.29, 0.717) is 12.7 Å². The van der Waals surface area contributed by atoms with Crippen molar-refractivity contribution >= 4 is 6.03 Å². The van der Waals surface area contributed by atoms with Crippen LogP contribution in [0.25, 0.3) is 0 Å². The molecule has 0 aliphatic carbocycles. The predicted molar refractivity (Wildman–Crippen MR) is 43.9 cm³/mol. The molecule has 0 bridgehead atoms. The van der Waals surface area contributed by atoms with Gasteiger partial charge in [0.15, 0.2) is 0 Å². The Hall–Kier alpha value is -0.770. The summed E-state index contributed by atoms with van der Waals surface area (Å²) < 4.78 is 5.53. The van der Waals surface area contributed by atoms with Gasteiger partial charge < -0.3 is 15.4 Å². The van der Waals surface area contributed by atoms with Gasteiger partial charge in [-0.25, -0.2) is 4.79 Å². The van der Waals surface area contributed by atoms with Gasteiger partial charge in [0.05, 0.1) is 24.8 Å². The fourth-order valence-electron chi connectivity index (χ4n) is 1.84. The largest absolute Gasteiger partial charge is 0.376 e. The Labute approximate surface area is 71.7 Å². The summed E-state index contributed by atoms with van der Waals surface area (Å²) in [6.07, 6.45) is 2.30. The molecule has 2 fully saturated rings.